The lowest BCUT2D eigenvalue weighted by atomic mass is 10.2. The highest BCUT2D eigenvalue weighted by molar-refractivity contribution is 6.99. The topological polar surface area (TPSA) is 15.7 Å². The summed E-state index contributed by atoms with van der Waals surface area (Å²) >= 11 is 0. The van der Waals surface area contributed by atoms with E-state index in [-0.39, 0.29) is 0 Å². The van der Waals surface area contributed by atoms with Gasteiger partial charge in [0.15, 0.2) is 0 Å². The predicted octanol–water partition coefficient (Wildman–Crippen LogP) is 4.82. The molecule has 0 atom stereocenters. The summed E-state index contributed by atoms with van der Waals surface area (Å²) in [4.78, 5) is 0. The van der Waals surface area contributed by atoms with Gasteiger partial charge in [0.05, 0.1) is 0 Å². The molecule has 0 rings (SSSR count). The molecule has 0 aliphatic heterocycles. The monoisotopic (exact) mass is 366 g/mol. The zero-order valence-corrected chi connectivity index (χ0v) is 20.3. The van der Waals surface area contributed by atoms with Crippen LogP contribution >= 0.6 is 0 Å². The Balaban J connectivity index is 5.68. The van der Waals surface area contributed by atoms with Crippen molar-refractivity contribution in [3.63, 3.8) is 0 Å². The first kappa shape index (κ1) is 21.7. The van der Waals surface area contributed by atoms with Crippen molar-refractivity contribution >= 4 is 40.3 Å². The third-order valence-electron chi connectivity index (χ3n) is 2.89. The third-order valence-corrected chi connectivity index (χ3v) is 12.8. The van der Waals surface area contributed by atoms with Crippen molar-refractivity contribution < 1.29 is 8.84 Å². The quantitative estimate of drug-likeness (QED) is 0.475. The van der Waals surface area contributed by atoms with Crippen LogP contribution in [0, 0.1) is 0 Å². The molecule has 21 heavy (non-hydrogen) atoms. The van der Waals surface area contributed by atoms with Gasteiger partial charge in [-0.05, 0) is 19.6 Å². The lowest BCUT2D eigenvalue weighted by Gasteiger charge is -2.49. The Bertz CT molecular complexity index is 333. The SMILES string of the molecule is C[Si](C)(C)ON(B(F)N([Si](C)(C)C)[Si](C)(C)C)[Si](C)(C)C. The maximum absolute atomic E-state index is 15.6. The molecule has 0 amide bonds. The van der Waals surface area contributed by atoms with Gasteiger partial charge in [-0.3, -0.25) is 4.32 Å². The number of nitrogens with zero attached hydrogens (tertiary/aromatic N) is 2. The van der Waals surface area contributed by atoms with Gasteiger partial charge < -0.3 is 8.67 Å². The molecule has 0 bridgehead atoms. The van der Waals surface area contributed by atoms with Crippen molar-refractivity contribution in [3.8, 4) is 0 Å². The molecule has 126 valence electrons. The highest BCUT2D eigenvalue weighted by atomic mass is 28.4. The predicted molar refractivity (Wildman–Crippen MR) is 105 cm³/mol. The van der Waals surface area contributed by atoms with Crippen LogP contribution in [0.4, 0.5) is 4.32 Å². The molecule has 0 aromatic rings. The third kappa shape index (κ3) is 7.23. The lowest BCUT2D eigenvalue weighted by molar-refractivity contribution is 0.0836. The molecule has 0 aliphatic rings. The molecule has 0 N–H and O–H groups in total. The summed E-state index contributed by atoms with van der Waals surface area (Å²) in [5, 5.41) is 0. The Kier molecular flexibility index (Phi) is 6.93. The smallest absolute Gasteiger partial charge is 0.357 e. The van der Waals surface area contributed by atoms with Gasteiger partial charge in [0.1, 0.15) is 24.7 Å². The second-order valence-corrected chi connectivity index (χ2v) is 29.0. The van der Waals surface area contributed by atoms with E-state index in [0.29, 0.717) is 0 Å². The van der Waals surface area contributed by atoms with Crippen LogP contribution in [0.15, 0.2) is 0 Å². The number of rotatable bonds is 7. The summed E-state index contributed by atoms with van der Waals surface area (Å²) in [6, 6.07) is 0. The average molecular weight is 367 g/mol. The summed E-state index contributed by atoms with van der Waals surface area (Å²) in [5.41, 5.74) is 0. The molecule has 3 nitrogen and oxygen atoms in total. The molecular weight excluding hydrogens is 330 g/mol. The minimum absolute atomic E-state index is 1.11. The first-order valence-electron chi connectivity index (χ1n) is 7.79. The molecule has 0 aliphatic carbocycles. The largest absolute Gasteiger partial charge is 0.523 e. The second-order valence-electron chi connectivity index (χ2n) is 9.72. The van der Waals surface area contributed by atoms with Crippen molar-refractivity contribution in [2.45, 2.75) is 78.6 Å². The Morgan fingerprint density at radius 2 is 1.00 bits per heavy atom. The average Bonchev–Trinajstić information content (AvgIpc) is 2.05. The molecule has 0 aromatic carbocycles. The van der Waals surface area contributed by atoms with Crippen LogP contribution in [0.25, 0.3) is 0 Å². The minimum Gasteiger partial charge on any atom is -0.357 e. The Morgan fingerprint density at radius 3 is 1.19 bits per heavy atom. The van der Waals surface area contributed by atoms with Crippen molar-refractivity contribution in [1.29, 1.82) is 0 Å². The molecule has 9 heteroatoms. The standard InChI is InChI=1S/C12H36BFN2OSi4/c1-18(2,3)15(17-21(10,11)12)13(14)16(19(4,5)6)20(7,8)9/h1-12H3. The van der Waals surface area contributed by atoms with Crippen LogP contribution in [0.5, 0.6) is 0 Å². The van der Waals surface area contributed by atoms with Crippen LogP contribution in [0.2, 0.25) is 78.6 Å². The fourth-order valence-electron chi connectivity index (χ4n) is 2.55. The van der Waals surface area contributed by atoms with Crippen LogP contribution < -0.4 is 0 Å². The molecule has 0 radical (unpaired) electrons. The van der Waals surface area contributed by atoms with Gasteiger partial charge in [0, 0.05) is 0 Å². The van der Waals surface area contributed by atoms with Gasteiger partial charge in [0.25, 0.3) is 0 Å². The Morgan fingerprint density at radius 1 is 0.667 bits per heavy atom. The zero-order chi connectivity index (χ0) is 17.4. The fraction of sp³-hybridized carbons (Fsp3) is 1.00. The normalized spacial score (nSPS) is 15.0. The maximum atomic E-state index is 15.6. The molecular formula is C12H36BFN2OSi4. The molecule has 0 saturated carbocycles. The Hall–Kier alpha value is 0.742. The molecule has 0 fully saturated rings. The molecule has 0 unspecified atom stereocenters. The van der Waals surface area contributed by atoms with E-state index in [4.69, 9.17) is 4.53 Å². The van der Waals surface area contributed by atoms with Gasteiger partial charge in [-0.25, -0.2) is 4.64 Å². The van der Waals surface area contributed by atoms with Gasteiger partial charge in [0.2, 0.25) is 8.32 Å². The first-order valence-corrected chi connectivity index (χ1v) is 21.5. The fourth-order valence-corrected chi connectivity index (χ4v) is 15.7. The number of halogens is 1. The van der Waals surface area contributed by atoms with Crippen LogP contribution in [-0.4, -0.2) is 49.1 Å². The molecule has 0 spiro atoms. The van der Waals surface area contributed by atoms with E-state index in [9.17, 15) is 0 Å². The highest BCUT2D eigenvalue weighted by Gasteiger charge is 2.50. The summed E-state index contributed by atoms with van der Waals surface area (Å²) in [6.45, 7) is 26.2. The summed E-state index contributed by atoms with van der Waals surface area (Å²) in [7, 11) is -8.38. The molecule has 0 saturated heterocycles. The van der Waals surface area contributed by atoms with Gasteiger partial charge in [-0.1, -0.05) is 58.9 Å². The van der Waals surface area contributed by atoms with Crippen molar-refractivity contribution in [2.75, 3.05) is 0 Å². The number of hydrogen-bond donors (Lipinski definition) is 0. The van der Waals surface area contributed by atoms with Crippen molar-refractivity contribution in [2.24, 2.45) is 0 Å². The van der Waals surface area contributed by atoms with Crippen LogP contribution in [0.3, 0.4) is 0 Å². The molecule has 0 aromatic heterocycles. The van der Waals surface area contributed by atoms with Crippen LogP contribution in [0.1, 0.15) is 0 Å². The summed E-state index contributed by atoms with van der Waals surface area (Å²) in [6.07, 6.45) is 0. The van der Waals surface area contributed by atoms with E-state index in [0.717, 1.165) is 0 Å². The Labute approximate surface area is 136 Å². The summed E-state index contributed by atoms with van der Waals surface area (Å²) < 4.78 is 25.8. The highest BCUT2D eigenvalue weighted by Crippen LogP contribution is 2.27. The van der Waals surface area contributed by atoms with Gasteiger partial charge in [-0.2, -0.15) is 0 Å². The van der Waals surface area contributed by atoms with E-state index in [1.54, 1.807) is 4.64 Å². The van der Waals surface area contributed by atoms with Crippen molar-refractivity contribution in [3.05, 3.63) is 0 Å². The van der Waals surface area contributed by atoms with Gasteiger partial charge in [-0.15, -0.1) is 0 Å². The molecule has 0 heterocycles. The van der Waals surface area contributed by atoms with Crippen molar-refractivity contribution in [1.82, 2.24) is 8.78 Å². The van der Waals surface area contributed by atoms with Gasteiger partial charge >= 0.3 is 7.26 Å². The maximum Gasteiger partial charge on any atom is 0.523 e. The van der Waals surface area contributed by atoms with E-state index >= 15 is 4.32 Å². The zero-order valence-electron chi connectivity index (χ0n) is 16.3. The lowest BCUT2D eigenvalue weighted by Crippen LogP contribution is -2.72. The van der Waals surface area contributed by atoms with E-state index in [2.05, 4.69) is 82.7 Å². The second kappa shape index (κ2) is 6.70. The van der Waals surface area contributed by atoms with E-state index in [1.165, 1.54) is 0 Å². The van der Waals surface area contributed by atoms with Crippen LogP contribution in [-0.2, 0) is 4.53 Å². The number of hydrogen-bond acceptors (Lipinski definition) is 3. The minimum atomic E-state index is -1.91. The summed E-state index contributed by atoms with van der Waals surface area (Å²) in [5.74, 6) is 0. The first-order chi connectivity index (χ1) is 8.87. The van der Waals surface area contributed by atoms with E-state index in [1.807, 2.05) is 0 Å². The van der Waals surface area contributed by atoms with E-state index < -0.39 is 40.3 Å².